The Bertz CT molecular complexity index is 548. The minimum absolute atomic E-state index is 0.244. The van der Waals surface area contributed by atoms with Crippen LogP contribution in [0.1, 0.15) is 0 Å². The molecule has 0 heterocycles. The fourth-order valence-electron chi connectivity index (χ4n) is 1.52. The summed E-state index contributed by atoms with van der Waals surface area (Å²) in [4.78, 5) is 2.00. The minimum Gasteiger partial charge on any atom is -0.391 e. The van der Waals surface area contributed by atoms with Crippen LogP contribution in [-0.2, 0) is 0 Å². The van der Waals surface area contributed by atoms with E-state index in [4.69, 9.17) is 11.6 Å². The van der Waals surface area contributed by atoms with E-state index < -0.39 is 6.10 Å². The van der Waals surface area contributed by atoms with E-state index in [-0.39, 0.29) is 5.82 Å². The molecule has 1 atom stereocenters. The molecule has 0 amide bonds. The Morgan fingerprint density at radius 2 is 1.65 bits per heavy atom. The predicted octanol–water partition coefficient (Wildman–Crippen LogP) is 4.72. The molecule has 0 saturated carbocycles. The molecule has 1 N–H and O–H groups in total. The van der Waals surface area contributed by atoms with Crippen molar-refractivity contribution >= 4 is 35.1 Å². The van der Waals surface area contributed by atoms with Crippen LogP contribution in [0.4, 0.5) is 4.39 Å². The van der Waals surface area contributed by atoms with Crippen molar-refractivity contribution < 1.29 is 9.50 Å². The summed E-state index contributed by atoms with van der Waals surface area (Å²) in [6.07, 6.45) is -0.422. The Morgan fingerprint density at radius 1 is 1.00 bits per heavy atom. The zero-order valence-corrected chi connectivity index (χ0v) is 13.0. The van der Waals surface area contributed by atoms with Crippen LogP contribution in [0, 0.1) is 5.82 Å². The summed E-state index contributed by atoms with van der Waals surface area (Å²) in [6.45, 7) is 0. The maximum Gasteiger partial charge on any atom is 0.123 e. The van der Waals surface area contributed by atoms with Gasteiger partial charge in [0, 0.05) is 26.3 Å². The summed E-state index contributed by atoms with van der Waals surface area (Å²) < 4.78 is 12.8. The SMILES string of the molecule is OC(CSc1ccc(F)cc1)CSc1cccc(Cl)c1. The highest BCUT2D eigenvalue weighted by atomic mass is 35.5. The van der Waals surface area contributed by atoms with Crippen LogP contribution >= 0.6 is 35.1 Å². The maximum atomic E-state index is 12.8. The van der Waals surface area contributed by atoms with E-state index >= 15 is 0 Å². The molecular weight excluding hydrogens is 315 g/mol. The minimum atomic E-state index is -0.422. The van der Waals surface area contributed by atoms with Gasteiger partial charge >= 0.3 is 0 Å². The largest absolute Gasteiger partial charge is 0.391 e. The van der Waals surface area contributed by atoms with E-state index in [2.05, 4.69) is 0 Å². The molecule has 0 fully saturated rings. The molecule has 0 spiro atoms. The highest BCUT2D eigenvalue weighted by Crippen LogP contribution is 2.24. The van der Waals surface area contributed by atoms with Gasteiger partial charge in [-0.25, -0.2) is 4.39 Å². The summed E-state index contributed by atoms with van der Waals surface area (Å²) in [7, 11) is 0. The van der Waals surface area contributed by atoms with Crippen LogP contribution in [0.15, 0.2) is 58.3 Å². The van der Waals surface area contributed by atoms with Crippen molar-refractivity contribution in [3.05, 3.63) is 59.4 Å². The standard InChI is InChI=1S/C15H14ClFOS2/c16-11-2-1-3-15(8-11)20-10-13(18)9-19-14-6-4-12(17)5-7-14/h1-8,13,18H,9-10H2. The van der Waals surface area contributed by atoms with Crippen LogP contribution in [0.5, 0.6) is 0 Å². The molecule has 1 nitrogen and oxygen atoms in total. The fourth-order valence-corrected chi connectivity index (χ4v) is 3.64. The first-order valence-electron chi connectivity index (χ1n) is 6.08. The summed E-state index contributed by atoms with van der Waals surface area (Å²) in [5.74, 6) is 0.944. The topological polar surface area (TPSA) is 20.2 Å². The summed E-state index contributed by atoms with van der Waals surface area (Å²) in [5, 5.41) is 10.6. The number of rotatable bonds is 6. The number of aliphatic hydroxyl groups is 1. The maximum absolute atomic E-state index is 12.8. The second-order valence-corrected chi connectivity index (χ2v) is 6.81. The molecule has 1 unspecified atom stereocenters. The van der Waals surface area contributed by atoms with Gasteiger partial charge in [-0.05, 0) is 42.5 Å². The molecular formula is C15H14ClFOS2. The van der Waals surface area contributed by atoms with Gasteiger partial charge in [0.2, 0.25) is 0 Å². The molecule has 0 radical (unpaired) electrons. The van der Waals surface area contributed by atoms with Crippen molar-refractivity contribution in [2.45, 2.75) is 15.9 Å². The van der Waals surface area contributed by atoms with Gasteiger partial charge in [-0.3, -0.25) is 0 Å². The third-order valence-electron chi connectivity index (χ3n) is 2.49. The van der Waals surface area contributed by atoms with Gasteiger partial charge in [-0.1, -0.05) is 17.7 Å². The smallest absolute Gasteiger partial charge is 0.123 e. The zero-order valence-electron chi connectivity index (χ0n) is 10.6. The number of aliphatic hydroxyl groups excluding tert-OH is 1. The van der Waals surface area contributed by atoms with Gasteiger partial charge in [0.1, 0.15) is 5.82 Å². The van der Waals surface area contributed by atoms with Crippen molar-refractivity contribution in [2.75, 3.05) is 11.5 Å². The number of hydrogen-bond donors (Lipinski definition) is 1. The third-order valence-corrected chi connectivity index (χ3v) is 5.03. The fraction of sp³-hybridized carbons (Fsp3) is 0.200. The Morgan fingerprint density at radius 3 is 2.30 bits per heavy atom. The molecule has 20 heavy (non-hydrogen) atoms. The lowest BCUT2D eigenvalue weighted by Gasteiger charge is -2.10. The average molecular weight is 329 g/mol. The first-order chi connectivity index (χ1) is 9.63. The Kier molecular flexibility index (Phi) is 6.23. The van der Waals surface area contributed by atoms with Crippen molar-refractivity contribution in [1.82, 2.24) is 0 Å². The molecule has 0 bridgehead atoms. The molecule has 0 aromatic heterocycles. The molecule has 5 heteroatoms. The molecule has 2 aromatic carbocycles. The molecule has 106 valence electrons. The van der Waals surface area contributed by atoms with E-state index in [9.17, 15) is 9.50 Å². The van der Waals surface area contributed by atoms with Crippen molar-refractivity contribution in [2.24, 2.45) is 0 Å². The number of benzene rings is 2. The molecule has 0 aliphatic heterocycles. The Balaban J connectivity index is 1.75. The van der Waals surface area contributed by atoms with Crippen LogP contribution < -0.4 is 0 Å². The highest BCUT2D eigenvalue weighted by molar-refractivity contribution is 8.00. The second-order valence-electron chi connectivity index (χ2n) is 4.19. The van der Waals surface area contributed by atoms with Crippen LogP contribution in [0.25, 0.3) is 0 Å². The first kappa shape index (κ1) is 15.7. The molecule has 2 aromatic rings. The lowest BCUT2D eigenvalue weighted by atomic mass is 10.4. The third kappa shape index (κ3) is 5.37. The quantitative estimate of drug-likeness (QED) is 0.774. The van der Waals surface area contributed by atoms with Gasteiger partial charge in [0.15, 0.2) is 0 Å². The van der Waals surface area contributed by atoms with Crippen molar-refractivity contribution in [3.63, 3.8) is 0 Å². The van der Waals surface area contributed by atoms with Gasteiger partial charge in [-0.15, -0.1) is 23.5 Å². The Hall–Kier alpha value is -0.680. The monoisotopic (exact) mass is 328 g/mol. The number of halogens is 2. The van der Waals surface area contributed by atoms with Crippen molar-refractivity contribution in [3.8, 4) is 0 Å². The Labute approximate surface area is 131 Å². The average Bonchev–Trinajstić information content (AvgIpc) is 2.45. The van der Waals surface area contributed by atoms with Crippen LogP contribution in [0.2, 0.25) is 5.02 Å². The lowest BCUT2D eigenvalue weighted by molar-refractivity contribution is 0.225. The normalized spacial score (nSPS) is 12.3. The van der Waals surface area contributed by atoms with Crippen LogP contribution in [-0.4, -0.2) is 22.7 Å². The molecule has 0 aliphatic rings. The van der Waals surface area contributed by atoms with E-state index in [1.165, 1.54) is 23.9 Å². The zero-order chi connectivity index (χ0) is 14.4. The number of hydrogen-bond acceptors (Lipinski definition) is 3. The van der Waals surface area contributed by atoms with Gasteiger partial charge in [-0.2, -0.15) is 0 Å². The first-order valence-corrected chi connectivity index (χ1v) is 8.43. The van der Waals surface area contributed by atoms with Crippen molar-refractivity contribution in [1.29, 1.82) is 0 Å². The number of thioether (sulfide) groups is 2. The lowest BCUT2D eigenvalue weighted by Crippen LogP contribution is -2.12. The van der Waals surface area contributed by atoms with Gasteiger partial charge in [0.25, 0.3) is 0 Å². The molecule has 0 aliphatic carbocycles. The van der Waals surface area contributed by atoms with E-state index in [0.717, 1.165) is 9.79 Å². The molecule has 2 rings (SSSR count). The second kappa shape index (κ2) is 7.93. The predicted molar refractivity (Wildman–Crippen MR) is 85.3 cm³/mol. The van der Waals surface area contributed by atoms with Gasteiger partial charge < -0.3 is 5.11 Å². The summed E-state index contributed by atoms with van der Waals surface area (Å²) in [5.41, 5.74) is 0. The summed E-state index contributed by atoms with van der Waals surface area (Å²) >= 11 is 9.00. The summed E-state index contributed by atoms with van der Waals surface area (Å²) in [6, 6.07) is 13.9. The van der Waals surface area contributed by atoms with Crippen LogP contribution in [0.3, 0.4) is 0 Å². The molecule has 0 saturated heterocycles. The van der Waals surface area contributed by atoms with E-state index in [1.54, 1.807) is 23.9 Å². The highest BCUT2D eigenvalue weighted by Gasteiger charge is 2.06. The van der Waals surface area contributed by atoms with Gasteiger partial charge in [0.05, 0.1) is 6.10 Å². The van der Waals surface area contributed by atoms with E-state index in [1.807, 2.05) is 24.3 Å². The van der Waals surface area contributed by atoms with E-state index in [0.29, 0.717) is 16.5 Å².